The molecule has 0 aromatic heterocycles. The minimum absolute atomic E-state index is 0.144. The van der Waals surface area contributed by atoms with E-state index in [1.807, 2.05) is 12.1 Å². The molecule has 1 aromatic carbocycles. The normalized spacial score (nSPS) is 26.5. The van der Waals surface area contributed by atoms with Gasteiger partial charge in [-0.05, 0) is 61.8 Å². The number of rotatable bonds is 2. The van der Waals surface area contributed by atoms with E-state index in [4.69, 9.17) is 5.73 Å². The molecule has 1 aliphatic rings. The first kappa shape index (κ1) is 10.6. The molecule has 2 heteroatoms. The van der Waals surface area contributed by atoms with Crippen LogP contribution in [-0.4, -0.2) is 6.54 Å². The Morgan fingerprint density at radius 1 is 1.07 bits per heavy atom. The Balaban J connectivity index is 1.98. The van der Waals surface area contributed by atoms with Crippen molar-refractivity contribution in [2.75, 3.05) is 6.54 Å². The third kappa shape index (κ3) is 2.57. The summed E-state index contributed by atoms with van der Waals surface area (Å²) in [5.74, 6) is 1.18. The van der Waals surface area contributed by atoms with Gasteiger partial charge >= 0.3 is 0 Å². The molecule has 1 aromatic rings. The van der Waals surface area contributed by atoms with Gasteiger partial charge in [0.25, 0.3) is 0 Å². The second-order valence-corrected chi connectivity index (χ2v) is 4.50. The van der Waals surface area contributed by atoms with Crippen molar-refractivity contribution in [3.63, 3.8) is 0 Å². The summed E-state index contributed by atoms with van der Waals surface area (Å²) in [4.78, 5) is 0. The Bertz CT molecular complexity index is 299. The van der Waals surface area contributed by atoms with Gasteiger partial charge in [0.05, 0.1) is 0 Å². The lowest BCUT2D eigenvalue weighted by atomic mass is 9.79. The summed E-state index contributed by atoms with van der Waals surface area (Å²) in [6, 6.07) is 6.96. The van der Waals surface area contributed by atoms with E-state index in [-0.39, 0.29) is 5.82 Å². The van der Waals surface area contributed by atoms with Gasteiger partial charge in [0.15, 0.2) is 0 Å². The fourth-order valence-electron chi connectivity index (χ4n) is 2.47. The van der Waals surface area contributed by atoms with E-state index in [2.05, 4.69) is 0 Å². The van der Waals surface area contributed by atoms with Crippen LogP contribution in [0.1, 0.15) is 37.2 Å². The number of nitrogens with two attached hydrogens (primary N) is 1. The molecule has 2 N–H and O–H groups in total. The lowest BCUT2D eigenvalue weighted by Crippen LogP contribution is -2.20. The molecular weight excluding hydrogens is 189 g/mol. The molecule has 1 fully saturated rings. The van der Waals surface area contributed by atoms with E-state index in [9.17, 15) is 4.39 Å². The summed E-state index contributed by atoms with van der Waals surface area (Å²) in [5.41, 5.74) is 6.94. The predicted octanol–water partition coefficient (Wildman–Crippen LogP) is 3.06. The highest BCUT2D eigenvalue weighted by Gasteiger charge is 2.21. The summed E-state index contributed by atoms with van der Waals surface area (Å²) in [6.45, 7) is 0.816. The van der Waals surface area contributed by atoms with E-state index in [0.29, 0.717) is 11.8 Å². The van der Waals surface area contributed by atoms with Crippen molar-refractivity contribution in [2.24, 2.45) is 11.7 Å². The summed E-state index contributed by atoms with van der Waals surface area (Å²) in [5, 5.41) is 0. The Kier molecular flexibility index (Phi) is 3.37. The third-order valence-electron chi connectivity index (χ3n) is 3.52. The molecule has 15 heavy (non-hydrogen) atoms. The van der Waals surface area contributed by atoms with Gasteiger partial charge in [-0.1, -0.05) is 12.1 Å². The molecule has 0 bridgehead atoms. The number of halogens is 1. The van der Waals surface area contributed by atoms with Crippen LogP contribution in [0.4, 0.5) is 4.39 Å². The van der Waals surface area contributed by atoms with Crippen molar-refractivity contribution in [2.45, 2.75) is 31.6 Å². The third-order valence-corrected chi connectivity index (χ3v) is 3.52. The number of hydrogen-bond donors (Lipinski definition) is 1. The van der Waals surface area contributed by atoms with Crippen LogP contribution in [0.3, 0.4) is 0 Å². The highest BCUT2D eigenvalue weighted by Crippen LogP contribution is 2.35. The first-order valence-electron chi connectivity index (χ1n) is 5.75. The average molecular weight is 207 g/mol. The number of benzene rings is 1. The summed E-state index contributed by atoms with van der Waals surface area (Å²) >= 11 is 0. The summed E-state index contributed by atoms with van der Waals surface area (Å²) in [6.07, 6.45) is 4.85. The van der Waals surface area contributed by atoms with Crippen LogP contribution in [0.5, 0.6) is 0 Å². The lowest BCUT2D eigenvalue weighted by Gasteiger charge is -2.27. The molecule has 0 spiro atoms. The minimum atomic E-state index is -0.144. The highest BCUT2D eigenvalue weighted by atomic mass is 19.1. The van der Waals surface area contributed by atoms with Crippen LogP contribution in [0.25, 0.3) is 0 Å². The van der Waals surface area contributed by atoms with Crippen molar-refractivity contribution in [1.29, 1.82) is 0 Å². The Labute approximate surface area is 90.5 Å². The van der Waals surface area contributed by atoms with E-state index in [1.54, 1.807) is 12.1 Å². The standard InChI is InChI=1S/C13H18FN/c14-13-7-5-12(6-8-13)11-3-1-10(9-15)2-4-11/h5-8,10-11H,1-4,9,15H2. The molecule has 0 saturated heterocycles. The van der Waals surface area contributed by atoms with E-state index < -0.39 is 0 Å². The topological polar surface area (TPSA) is 26.0 Å². The van der Waals surface area contributed by atoms with Gasteiger partial charge in [0.2, 0.25) is 0 Å². The summed E-state index contributed by atoms with van der Waals surface area (Å²) < 4.78 is 12.8. The SMILES string of the molecule is NCC1CCC(c2ccc(F)cc2)CC1. The van der Waals surface area contributed by atoms with Crippen LogP contribution < -0.4 is 5.73 Å². The fraction of sp³-hybridized carbons (Fsp3) is 0.538. The molecular formula is C13H18FN. The zero-order chi connectivity index (χ0) is 10.7. The maximum absolute atomic E-state index is 12.8. The molecule has 0 radical (unpaired) electrons. The first-order chi connectivity index (χ1) is 7.29. The maximum Gasteiger partial charge on any atom is 0.123 e. The predicted molar refractivity (Wildman–Crippen MR) is 60.2 cm³/mol. The van der Waals surface area contributed by atoms with Crippen molar-refractivity contribution in [1.82, 2.24) is 0 Å². The van der Waals surface area contributed by atoms with Crippen LogP contribution in [0, 0.1) is 11.7 Å². The van der Waals surface area contributed by atoms with Gasteiger partial charge in [-0.25, -0.2) is 4.39 Å². The van der Waals surface area contributed by atoms with E-state index in [1.165, 1.54) is 31.2 Å². The van der Waals surface area contributed by atoms with Gasteiger partial charge in [-0.15, -0.1) is 0 Å². The zero-order valence-corrected chi connectivity index (χ0v) is 8.95. The minimum Gasteiger partial charge on any atom is -0.330 e. The quantitative estimate of drug-likeness (QED) is 0.792. The Morgan fingerprint density at radius 2 is 1.67 bits per heavy atom. The van der Waals surface area contributed by atoms with E-state index >= 15 is 0 Å². The highest BCUT2D eigenvalue weighted by molar-refractivity contribution is 5.20. The first-order valence-corrected chi connectivity index (χ1v) is 5.75. The smallest absolute Gasteiger partial charge is 0.123 e. The van der Waals surface area contributed by atoms with Crippen molar-refractivity contribution >= 4 is 0 Å². The van der Waals surface area contributed by atoms with Crippen LogP contribution in [0.15, 0.2) is 24.3 Å². The summed E-state index contributed by atoms with van der Waals surface area (Å²) in [7, 11) is 0. The van der Waals surface area contributed by atoms with Crippen LogP contribution >= 0.6 is 0 Å². The Hall–Kier alpha value is -0.890. The van der Waals surface area contributed by atoms with Gasteiger partial charge < -0.3 is 5.73 Å². The van der Waals surface area contributed by atoms with Crippen molar-refractivity contribution in [3.8, 4) is 0 Å². The molecule has 0 heterocycles. The molecule has 1 saturated carbocycles. The van der Waals surface area contributed by atoms with Crippen molar-refractivity contribution in [3.05, 3.63) is 35.6 Å². The number of hydrogen-bond acceptors (Lipinski definition) is 1. The van der Waals surface area contributed by atoms with Gasteiger partial charge in [0.1, 0.15) is 5.82 Å². The van der Waals surface area contributed by atoms with E-state index in [0.717, 1.165) is 6.54 Å². The average Bonchev–Trinajstić information content (AvgIpc) is 2.30. The molecule has 0 aliphatic heterocycles. The molecule has 82 valence electrons. The molecule has 1 nitrogen and oxygen atoms in total. The molecule has 2 rings (SSSR count). The Morgan fingerprint density at radius 3 is 2.20 bits per heavy atom. The van der Waals surface area contributed by atoms with Gasteiger partial charge in [0, 0.05) is 0 Å². The fourth-order valence-corrected chi connectivity index (χ4v) is 2.47. The lowest BCUT2D eigenvalue weighted by molar-refractivity contribution is 0.332. The largest absolute Gasteiger partial charge is 0.330 e. The molecule has 0 atom stereocenters. The van der Waals surface area contributed by atoms with Gasteiger partial charge in [-0.2, -0.15) is 0 Å². The van der Waals surface area contributed by atoms with Gasteiger partial charge in [-0.3, -0.25) is 0 Å². The van der Waals surface area contributed by atoms with Crippen LogP contribution in [-0.2, 0) is 0 Å². The monoisotopic (exact) mass is 207 g/mol. The van der Waals surface area contributed by atoms with Crippen LogP contribution in [0.2, 0.25) is 0 Å². The zero-order valence-electron chi connectivity index (χ0n) is 8.95. The second-order valence-electron chi connectivity index (χ2n) is 4.50. The molecule has 0 unspecified atom stereocenters. The van der Waals surface area contributed by atoms with Crippen molar-refractivity contribution < 1.29 is 4.39 Å². The molecule has 0 amide bonds. The maximum atomic E-state index is 12.8. The molecule has 1 aliphatic carbocycles. The second kappa shape index (κ2) is 4.75.